The fourth-order valence-corrected chi connectivity index (χ4v) is 3.31. The van der Waals surface area contributed by atoms with Crippen molar-refractivity contribution in [3.8, 4) is 0 Å². The van der Waals surface area contributed by atoms with E-state index in [1.54, 1.807) is 11.3 Å². The van der Waals surface area contributed by atoms with Crippen LogP contribution in [0.2, 0.25) is 0 Å². The predicted octanol–water partition coefficient (Wildman–Crippen LogP) is 3.39. The van der Waals surface area contributed by atoms with Crippen molar-refractivity contribution in [1.82, 2.24) is 10.2 Å². The van der Waals surface area contributed by atoms with Crippen molar-refractivity contribution >= 4 is 17.2 Å². The molecule has 0 spiro atoms. The van der Waals surface area contributed by atoms with Gasteiger partial charge in [0.2, 0.25) is 5.91 Å². The molecule has 1 aliphatic rings. The third-order valence-corrected chi connectivity index (χ3v) is 4.77. The van der Waals surface area contributed by atoms with Crippen LogP contribution in [-0.2, 0) is 4.79 Å². The molecule has 3 unspecified atom stereocenters. The van der Waals surface area contributed by atoms with Crippen molar-refractivity contribution < 1.29 is 4.79 Å². The number of nitrogens with one attached hydrogen (secondary N) is 1. The van der Waals surface area contributed by atoms with Crippen LogP contribution in [-0.4, -0.2) is 23.4 Å². The molecule has 0 aliphatic carbocycles. The summed E-state index contributed by atoms with van der Waals surface area (Å²) in [6.07, 6.45) is 3.16. The van der Waals surface area contributed by atoms with E-state index in [4.69, 9.17) is 0 Å². The minimum atomic E-state index is 0.00107. The minimum absolute atomic E-state index is 0.00107. The highest BCUT2D eigenvalue weighted by atomic mass is 32.1. The fraction of sp³-hybridized carbons (Fsp3) is 0.667. The van der Waals surface area contributed by atoms with E-state index >= 15 is 0 Å². The molecule has 3 atom stereocenters. The van der Waals surface area contributed by atoms with Gasteiger partial charge in [0.1, 0.15) is 6.17 Å². The second-order valence-electron chi connectivity index (χ2n) is 5.43. The average Bonchev–Trinajstić information content (AvgIpc) is 3.02. The summed E-state index contributed by atoms with van der Waals surface area (Å²) in [5.41, 5.74) is 0. The van der Waals surface area contributed by atoms with Crippen LogP contribution in [0.25, 0.3) is 0 Å². The summed E-state index contributed by atoms with van der Waals surface area (Å²) >= 11 is 1.72. The summed E-state index contributed by atoms with van der Waals surface area (Å²) in [6.45, 7) is 7.38. The first-order valence-electron chi connectivity index (χ1n) is 7.27. The highest BCUT2D eigenvalue weighted by Crippen LogP contribution is 2.30. The lowest BCUT2D eigenvalue weighted by Gasteiger charge is -2.26. The van der Waals surface area contributed by atoms with Crippen LogP contribution in [0.4, 0.5) is 0 Å². The van der Waals surface area contributed by atoms with Gasteiger partial charge in [-0.25, -0.2) is 0 Å². The lowest BCUT2D eigenvalue weighted by molar-refractivity contribution is -0.130. The van der Waals surface area contributed by atoms with Gasteiger partial charge < -0.3 is 4.90 Å². The normalized spacial score (nSPS) is 25.0. The van der Waals surface area contributed by atoms with E-state index < -0.39 is 0 Å². The second kappa shape index (κ2) is 6.53. The fourth-order valence-electron chi connectivity index (χ4n) is 2.52. The Kier molecular flexibility index (Phi) is 4.99. The number of hydrogen-bond acceptors (Lipinski definition) is 3. The highest BCUT2D eigenvalue weighted by Gasteiger charge is 2.39. The van der Waals surface area contributed by atoms with Crippen LogP contribution in [0.3, 0.4) is 0 Å². The molecule has 0 aromatic carbocycles. The number of thiophene rings is 1. The maximum Gasteiger partial charge on any atom is 0.241 e. The van der Waals surface area contributed by atoms with E-state index in [9.17, 15) is 4.79 Å². The molecule has 0 radical (unpaired) electrons. The molecule has 0 saturated carbocycles. The molecule has 1 amide bonds. The zero-order valence-corrected chi connectivity index (χ0v) is 12.9. The van der Waals surface area contributed by atoms with E-state index in [1.165, 1.54) is 4.88 Å². The minimum Gasteiger partial charge on any atom is -0.320 e. The number of carbonyl (C=O) groups is 1. The van der Waals surface area contributed by atoms with Crippen LogP contribution in [0.15, 0.2) is 17.5 Å². The molecule has 1 fully saturated rings. The Balaban J connectivity index is 2.16. The molecule has 2 heterocycles. The second-order valence-corrected chi connectivity index (χ2v) is 6.41. The Labute approximate surface area is 120 Å². The van der Waals surface area contributed by atoms with Crippen molar-refractivity contribution in [2.75, 3.05) is 6.54 Å². The Hall–Kier alpha value is -0.870. The van der Waals surface area contributed by atoms with E-state index in [-0.39, 0.29) is 18.1 Å². The number of carbonyl (C=O) groups excluding carboxylic acids is 1. The molecule has 3 nitrogen and oxygen atoms in total. The van der Waals surface area contributed by atoms with Gasteiger partial charge in [-0.2, -0.15) is 0 Å². The zero-order valence-electron chi connectivity index (χ0n) is 12.1. The van der Waals surface area contributed by atoms with Crippen LogP contribution in [0.5, 0.6) is 0 Å². The molecular formula is C15H24N2OS. The molecular weight excluding hydrogens is 256 g/mol. The van der Waals surface area contributed by atoms with Gasteiger partial charge in [0, 0.05) is 11.4 Å². The van der Waals surface area contributed by atoms with E-state index in [2.05, 4.69) is 43.6 Å². The zero-order chi connectivity index (χ0) is 13.8. The van der Waals surface area contributed by atoms with Gasteiger partial charge in [-0.3, -0.25) is 10.1 Å². The molecule has 106 valence electrons. The monoisotopic (exact) mass is 280 g/mol. The molecule has 1 aromatic heterocycles. The van der Waals surface area contributed by atoms with Gasteiger partial charge in [-0.1, -0.05) is 39.7 Å². The first kappa shape index (κ1) is 14.5. The van der Waals surface area contributed by atoms with Crippen LogP contribution >= 0.6 is 11.3 Å². The molecule has 19 heavy (non-hydrogen) atoms. The summed E-state index contributed by atoms with van der Waals surface area (Å²) in [7, 11) is 0. The Bertz CT molecular complexity index is 404. The van der Waals surface area contributed by atoms with E-state index in [0.717, 1.165) is 25.8 Å². The molecule has 2 rings (SSSR count). The Morgan fingerprint density at radius 1 is 1.47 bits per heavy atom. The number of rotatable bonds is 6. The first-order chi connectivity index (χ1) is 9.17. The molecule has 0 bridgehead atoms. The average molecular weight is 280 g/mol. The quantitative estimate of drug-likeness (QED) is 0.866. The molecule has 1 N–H and O–H groups in total. The van der Waals surface area contributed by atoms with Crippen molar-refractivity contribution in [2.24, 2.45) is 5.92 Å². The van der Waals surface area contributed by atoms with Gasteiger partial charge in [0.15, 0.2) is 0 Å². The van der Waals surface area contributed by atoms with Crippen molar-refractivity contribution in [1.29, 1.82) is 0 Å². The molecule has 1 aliphatic heterocycles. The Morgan fingerprint density at radius 2 is 2.26 bits per heavy atom. The summed E-state index contributed by atoms with van der Waals surface area (Å²) < 4.78 is 0. The van der Waals surface area contributed by atoms with Crippen molar-refractivity contribution in [3.05, 3.63) is 22.4 Å². The highest BCUT2D eigenvalue weighted by molar-refractivity contribution is 7.10. The van der Waals surface area contributed by atoms with Gasteiger partial charge in [0.25, 0.3) is 0 Å². The topological polar surface area (TPSA) is 32.3 Å². The Morgan fingerprint density at radius 3 is 2.84 bits per heavy atom. The van der Waals surface area contributed by atoms with Gasteiger partial charge in [0.05, 0.1) is 6.04 Å². The summed E-state index contributed by atoms with van der Waals surface area (Å²) in [6, 6.07) is 4.18. The number of nitrogens with zero attached hydrogens (tertiary/aromatic N) is 1. The smallest absolute Gasteiger partial charge is 0.241 e. The summed E-state index contributed by atoms with van der Waals surface area (Å²) in [5, 5.41) is 5.59. The summed E-state index contributed by atoms with van der Waals surface area (Å²) in [4.78, 5) is 15.8. The lowest BCUT2D eigenvalue weighted by Crippen LogP contribution is -2.34. The van der Waals surface area contributed by atoms with E-state index in [0.29, 0.717) is 5.92 Å². The maximum absolute atomic E-state index is 12.5. The third kappa shape index (κ3) is 3.18. The standard InChI is InChI=1S/C15H24N2OS/c1-4-7-12-15(18)17(10-11(3)5-2)14(16-12)13-8-6-9-19-13/h6,8-9,11-12,14,16H,4-5,7,10H2,1-3H3. The molecule has 1 aromatic rings. The number of hydrogen-bond donors (Lipinski definition) is 1. The third-order valence-electron chi connectivity index (χ3n) is 3.85. The predicted molar refractivity (Wildman–Crippen MR) is 80.1 cm³/mol. The maximum atomic E-state index is 12.5. The van der Waals surface area contributed by atoms with E-state index in [1.807, 2.05) is 4.90 Å². The van der Waals surface area contributed by atoms with Gasteiger partial charge in [-0.05, 0) is 23.8 Å². The SMILES string of the molecule is CCCC1NC(c2cccs2)N(CC(C)CC)C1=O. The van der Waals surface area contributed by atoms with Crippen molar-refractivity contribution in [3.63, 3.8) is 0 Å². The first-order valence-corrected chi connectivity index (χ1v) is 8.15. The summed E-state index contributed by atoms with van der Waals surface area (Å²) in [5.74, 6) is 0.828. The van der Waals surface area contributed by atoms with Crippen LogP contribution in [0, 0.1) is 5.92 Å². The number of amides is 1. The van der Waals surface area contributed by atoms with Gasteiger partial charge >= 0.3 is 0 Å². The largest absolute Gasteiger partial charge is 0.320 e. The lowest BCUT2D eigenvalue weighted by atomic mass is 10.1. The molecule has 1 saturated heterocycles. The van der Waals surface area contributed by atoms with Crippen LogP contribution < -0.4 is 5.32 Å². The van der Waals surface area contributed by atoms with Crippen molar-refractivity contribution in [2.45, 2.75) is 52.2 Å². The van der Waals surface area contributed by atoms with Gasteiger partial charge in [-0.15, -0.1) is 11.3 Å². The van der Waals surface area contributed by atoms with Crippen LogP contribution in [0.1, 0.15) is 51.1 Å². The molecule has 4 heteroatoms.